The number of aryl methyl sites for hydroxylation is 2. The smallest absolute Gasteiger partial charge is 0.0406 e. The highest BCUT2D eigenvalue weighted by Gasteiger charge is 2.03. The van der Waals surface area contributed by atoms with Crippen molar-refractivity contribution >= 4 is 17.3 Å². The summed E-state index contributed by atoms with van der Waals surface area (Å²) in [6, 6.07) is 12.2. The van der Waals surface area contributed by atoms with E-state index in [9.17, 15) is 0 Å². The van der Waals surface area contributed by atoms with E-state index in [0.717, 1.165) is 22.7 Å². The molecule has 0 aromatic heterocycles. The van der Waals surface area contributed by atoms with E-state index < -0.39 is 0 Å². The fourth-order valence-electron chi connectivity index (χ4n) is 1.91. The first-order valence-electron chi connectivity index (χ1n) is 5.66. The van der Waals surface area contributed by atoms with Crippen molar-refractivity contribution in [2.24, 2.45) is 0 Å². The van der Waals surface area contributed by atoms with Gasteiger partial charge in [-0.25, -0.2) is 0 Å². The van der Waals surface area contributed by atoms with Gasteiger partial charge in [-0.1, -0.05) is 29.8 Å². The Morgan fingerprint density at radius 2 is 1.65 bits per heavy atom. The molecular formula is C15H16ClN. The molecule has 0 saturated heterocycles. The summed E-state index contributed by atoms with van der Waals surface area (Å²) in [6.45, 7) is 4.14. The van der Waals surface area contributed by atoms with Crippen molar-refractivity contribution in [2.75, 3.05) is 5.73 Å². The first-order valence-corrected chi connectivity index (χ1v) is 6.04. The first kappa shape index (κ1) is 12.0. The lowest BCUT2D eigenvalue weighted by Crippen LogP contribution is -1.97. The Labute approximate surface area is 107 Å². The summed E-state index contributed by atoms with van der Waals surface area (Å²) >= 11 is 5.88. The zero-order chi connectivity index (χ0) is 12.4. The molecule has 2 heteroatoms. The first-order chi connectivity index (χ1) is 8.06. The Kier molecular flexibility index (Phi) is 3.39. The molecule has 17 heavy (non-hydrogen) atoms. The molecule has 0 saturated carbocycles. The van der Waals surface area contributed by atoms with Gasteiger partial charge in [-0.3, -0.25) is 0 Å². The molecule has 2 N–H and O–H groups in total. The normalized spacial score (nSPS) is 10.5. The maximum absolute atomic E-state index is 5.89. The van der Waals surface area contributed by atoms with Crippen LogP contribution >= 0.6 is 11.6 Å². The summed E-state index contributed by atoms with van der Waals surface area (Å²) in [4.78, 5) is 0. The van der Waals surface area contributed by atoms with Gasteiger partial charge in [0, 0.05) is 10.7 Å². The number of hydrogen-bond acceptors (Lipinski definition) is 1. The van der Waals surface area contributed by atoms with Gasteiger partial charge in [0.25, 0.3) is 0 Å². The van der Waals surface area contributed by atoms with Gasteiger partial charge in [0.15, 0.2) is 0 Å². The number of nitrogens with two attached hydrogens (primary N) is 1. The Morgan fingerprint density at radius 1 is 1.00 bits per heavy atom. The average Bonchev–Trinajstić information content (AvgIpc) is 2.29. The number of benzene rings is 2. The van der Waals surface area contributed by atoms with Gasteiger partial charge in [-0.15, -0.1) is 0 Å². The minimum atomic E-state index is 0.777. The topological polar surface area (TPSA) is 26.0 Å². The Bertz CT molecular complexity index is 529. The lowest BCUT2D eigenvalue weighted by atomic mass is 9.98. The maximum Gasteiger partial charge on any atom is 0.0406 e. The van der Waals surface area contributed by atoms with Crippen molar-refractivity contribution in [2.45, 2.75) is 20.3 Å². The number of halogens is 1. The van der Waals surface area contributed by atoms with Gasteiger partial charge < -0.3 is 5.73 Å². The van der Waals surface area contributed by atoms with Crippen LogP contribution in [0.4, 0.5) is 5.69 Å². The summed E-state index contributed by atoms with van der Waals surface area (Å²) in [5.74, 6) is 0. The van der Waals surface area contributed by atoms with Gasteiger partial charge >= 0.3 is 0 Å². The quantitative estimate of drug-likeness (QED) is 0.791. The summed E-state index contributed by atoms with van der Waals surface area (Å²) in [6.07, 6.45) is 0.921. The van der Waals surface area contributed by atoms with E-state index in [1.165, 1.54) is 16.7 Å². The maximum atomic E-state index is 5.89. The van der Waals surface area contributed by atoms with E-state index in [0.29, 0.717) is 0 Å². The van der Waals surface area contributed by atoms with Crippen molar-refractivity contribution in [3.05, 3.63) is 63.7 Å². The lowest BCUT2D eigenvalue weighted by molar-refractivity contribution is 1.15. The molecule has 0 radical (unpaired) electrons. The van der Waals surface area contributed by atoms with Crippen LogP contribution in [-0.2, 0) is 6.42 Å². The summed E-state index contributed by atoms with van der Waals surface area (Å²) in [5.41, 5.74) is 11.7. The van der Waals surface area contributed by atoms with Crippen LogP contribution in [0.2, 0.25) is 5.02 Å². The highest BCUT2D eigenvalue weighted by molar-refractivity contribution is 6.30. The van der Waals surface area contributed by atoms with E-state index in [-0.39, 0.29) is 0 Å². The molecule has 0 amide bonds. The molecular weight excluding hydrogens is 230 g/mol. The molecule has 0 bridgehead atoms. The van der Waals surface area contributed by atoms with Crippen LogP contribution in [0, 0.1) is 13.8 Å². The van der Waals surface area contributed by atoms with Crippen LogP contribution in [0.1, 0.15) is 22.3 Å². The van der Waals surface area contributed by atoms with Crippen molar-refractivity contribution in [3.8, 4) is 0 Å². The summed E-state index contributed by atoms with van der Waals surface area (Å²) < 4.78 is 0. The minimum Gasteiger partial charge on any atom is -0.399 e. The summed E-state index contributed by atoms with van der Waals surface area (Å²) in [5, 5.41) is 0.777. The van der Waals surface area contributed by atoms with Crippen LogP contribution in [0.25, 0.3) is 0 Å². The zero-order valence-electron chi connectivity index (χ0n) is 10.1. The van der Waals surface area contributed by atoms with Crippen molar-refractivity contribution in [3.63, 3.8) is 0 Å². The molecule has 88 valence electrons. The van der Waals surface area contributed by atoms with Crippen LogP contribution in [0.3, 0.4) is 0 Å². The molecule has 2 rings (SSSR count). The molecule has 0 atom stereocenters. The number of hydrogen-bond donors (Lipinski definition) is 1. The third-order valence-electron chi connectivity index (χ3n) is 3.03. The van der Waals surface area contributed by atoms with Gasteiger partial charge in [0.2, 0.25) is 0 Å². The third kappa shape index (κ3) is 2.80. The second-order valence-corrected chi connectivity index (χ2v) is 4.87. The Hall–Kier alpha value is -1.47. The number of anilines is 1. The molecule has 0 spiro atoms. The van der Waals surface area contributed by atoms with Crippen LogP contribution in [0.5, 0.6) is 0 Å². The third-order valence-corrected chi connectivity index (χ3v) is 3.28. The van der Waals surface area contributed by atoms with Crippen molar-refractivity contribution in [1.82, 2.24) is 0 Å². The molecule has 0 aliphatic heterocycles. The molecule has 0 fully saturated rings. The van der Waals surface area contributed by atoms with Crippen LogP contribution in [0.15, 0.2) is 36.4 Å². The van der Waals surface area contributed by atoms with E-state index in [2.05, 4.69) is 25.1 Å². The van der Waals surface area contributed by atoms with Gasteiger partial charge in [-0.05, 0) is 60.7 Å². The molecule has 0 unspecified atom stereocenters. The van der Waals surface area contributed by atoms with Crippen LogP contribution < -0.4 is 5.73 Å². The Balaban J connectivity index is 2.30. The Morgan fingerprint density at radius 3 is 2.29 bits per heavy atom. The zero-order valence-corrected chi connectivity index (χ0v) is 10.9. The average molecular weight is 246 g/mol. The molecule has 1 nitrogen and oxygen atoms in total. The second-order valence-electron chi connectivity index (χ2n) is 4.44. The fraction of sp³-hybridized carbons (Fsp3) is 0.200. The lowest BCUT2D eigenvalue weighted by Gasteiger charge is -2.10. The minimum absolute atomic E-state index is 0.777. The van der Waals surface area contributed by atoms with E-state index in [1.807, 2.05) is 25.1 Å². The highest BCUT2D eigenvalue weighted by atomic mass is 35.5. The van der Waals surface area contributed by atoms with E-state index in [1.54, 1.807) is 0 Å². The van der Waals surface area contributed by atoms with Gasteiger partial charge in [0.05, 0.1) is 0 Å². The summed E-state index contributed by atoms with van der Waals surface area (Å²) in [7, 11) is 0. The fourth-order valence-corrected chi connectivity index (χ4v) is 2.04. The van der Waals surface area contributed by atoms with Crippen LogP contribution in [-0.4, -0.2) is 0 Å². The molecule has 0 aliphatic rings. The number of rotatable bonds is 2. The highest BCUT2D eigenvalue weighted by Crippen LogP contribution is 2.21. The van der Waals surface area contributed by atoms with E-state index in [4.69, 9.17) is 17.3 Å². The number of nitrogen functional groups attached to an aromatic ring is 1. The van der Waals surface area contributed by atoms with Crippen molar-refractivity contribution < 1.29 is 0 Å². The molecule has 2 aromatic rings. The molecule has 0 aliphatic carbocycles. The molecule has 2 aromatic carbocycles. The van der Waals surface area contributed by atoms with Gasteiger partial charge in [0.1, 0.15) is 0 Å². The largest absolute Gasteiger partial charge is 0.399 e. The molecule has 0 heterocycles. The van der Waals surface area contributed by atoms with Gasteiger partial charge in [-0.2, -0.15) is 0 Å². The SMILES string of the molecule is Cc1cc(Cc2ccc(Cl)cc2)c(C)cc1N. The van der Waals surface area contributed by atoms with E-state index >= 15 is 0 Å². The predicted molar refractivity (Wildman–Crippen MR) is 74.6 cm³/mol. The standard InChI is InChI=1S/C15H16ClN/c1-10-8-15(17)11(2)7-13(10)9-12-3-5-14(16)6-4-12/h3-8H,9,17H2,1-2H3. The second kappa shape index (κ2) is 4.80. The van der Waals surface area contributed by atoms with Crippen molar-refractivity contribution in [1.29, 1.82) is 0 Å². The predicted octanol–water partition coefficient (Wildman–Crippen LogP) is 4.13. The monoisotopic (exact) mass is 245 g/mol.